The second-order valence-electron chi connectivity index (χ2n) is 8.28. The summed E-state index contributed by atoms with van der Waals surface area (Å²) >= 11 is 0. The third kappa shape index (κ3) is 8.58. The predicted octanol–water partition coefficient (Wildman–Crippen LogP) is 5.80. The SMILES string of the molecule is CCCC[C@H](NC(=O)C(F)(F)F)[C@H](CCCC)O[Si](C)(C)C(C)(C)C. The van der Waals surface area contributed by atoms with Gasteiger partial charge in [0.15, 0.2) is 8.32 Å². The Bertz CT molecular complexity index is 406. The topological polar surface area (TPSA) is 38.3 Å². The highest BCUT2D eigenvalue weighted by atomic mass is 28.4. The summed E-state index contributed by atoms with van der Waals surface area (Å²) in [5.41, 5.74) is 0. The molecule has 7 heteroatoms. The van der Waals surface area contributed by atoms with E-state index in [9.17, 15) is 18.0 Å². The van der Waals surface area contributed by atoms with E-state index in [1.807, 2.05) is 13.8 Å². The van der Waals surface area contributed by atoms with Gasteiger partial charge in [0.1, 0.15) is 0 Å². The zero-order valence-corrected chi connectivity index (χ0v) is 17.8. The Hall–Kier alpha value is -0.563. The van der Waals surface area contributed by atoms with E-state index in [0.717, 1.165) is 25.7 Å². The lowest BCUT2D eigenvalue weighted by molar-refractivity contribution is -0.175. The molecule has 0 rings (SSSR count). The first kappa shape index (κ1) is 24.4. The Kier molecular flexibility index (Phi) is 9.72. The van der Waals surface area contributed by atoms with Crippen LogP contribution in [-0.2, 0) is 9.22 Å². The van der Waals surface area contributed by atoms with Crippen LogP contribution in [0.25, 0.3) is 0 Å². The molecule has 0 aromatic carbocycles. The van der Waals surface area contributed by atoms with Crippen molar-refractivity contribution in [1.29, 1.82) is 0 Å². The van der Waals surface area contributed by atoms with Crippen molar-refractivity contribution < 1.29 is 22.4 Å². The van der Waals surface area contributed by atoms with Gasteiger partial charge in [-0.1, -0.05) is 60.3 Å². The average Bonchev–Trinajstić information content (AvgIpc) is 2.45. The smallest absolute Gasteiger partial charge is 0.412 e. The molecule has 3 nitrogen and oxygen atoms in total. The fraction of sp³-hybridized carbons (Fsp3) is 0.944. The lowest BCUT2D eigenvalue weighted by atomic mass is 9.99. The number of amides is 1. The zero-order valence-electron chi connectivity index (χ0n) is 16.8. The first-order valence-electron chi connectivity index (χ1n) is 9.31. The molecule has 0 saturated carbocycles. The molecule has 0 fully saturated rings. The molecule has 0 heterocycles. The molecule has 0 saturated heterocycles. The van der Waals surface area contributed by atoms with E-state index in [1.54, 1.807) is 0 Å². The maximum Gasteiger partial charge on any atom is 0.471 e. The molecule has 1 N–H and O–H groups in total. The van der Waals surface area contributed by atoms with Crippen molar-refractivity contribution in [2.75, 3.05) is 0 Å². The third-order valence-corrected chi connectivity index (χ3v) is 9.49. The van der Waals surface area contributed by atoms with Crippen LogP contribution in [0.3, 0.4) is 0 Å². The van der Waals surface area contributed by atoms with Crippen molar-refractivity contribution in [1.82, 2.24) is 5.32 Å². The van der Waals surface area contributed by atoms with Crippen LogP contribution in [0, 0.1) is 0 Å². The van der Waals surface area contributed by atoms with Gasteiger partial charge in [-0.2, -0.15) is 13.2 Å². The zero-order chi connectivity index (χ0) is 19.9. The van der Waals surface area contributed by atoms with Gasteiger partial charge in [-0.3, -0.25) is 4.79 Å². The van der Waals surface area contributed by atoms with Gasteiger partial charge in [-0.25, -0.2) is 0 Å². The number of hydrogen-bond acceptors (Lipinski definition) is 2. The van der Waals surface area contributed by atoms with E-state index in [0.29, 0.717) is 12.8 Å². The Labute approximate surface area is 152 Å². The highest BCUT2D eigenvalue weighted by Gasteiger charge is 2.43. The van der Waals surface area contributed by atoms with Crippen molar-refractivity contribution in [3.8, 4) is 0 Å². The van der Waals surface area contributed by atoms with Gasteiger partial charge in [0, 0.05) is 0 Å². The minimum Gasteiger partial charge on any atom is -0.412 e. The number of nitrogens with one attached hydrogen (secondary N) is 1. The molecule has 0 aromatic heterocycles. The molecule has 150 valence electrons. The van der Waals surface area contributed by atoms with Crippen LogP contribution in [0.5, 0.6) is 0 Å². The van der Waals surface area contributed by atoms with E-state index >= 15 is 0 Å². The summed E-state index contributed by atoms with van der Waals surface area (Å²) in [6.07, 6.45) is -0.660. The first-order chi connectivity index (χ1) is 11.3. The molecule has 1 amide bonds. The Balaban J connectivity index is 5.42. The summed E-state index contributed by atoms with van der Waals surface area (Å²) in [5, 5.41) is 2.17. The standard InChI is InChI=1S/C18H36F3NO2Si/c1-8-10-12-14(22-16(23)18(19,20)21)15(13-11-9-2)24-25(6,7)17(3,4)5/h14-15H,8-13H2,1-7H3,(H,22,23)/t14-,15-/m0/s1. The minimum atomic E-state index is -4.86. The van der Waals surface area contributed by atoms with Gasteiger partial charge in [0.05, 0.1) is 12.1 Å². The number of carbonyl (C=O) groups is 1. The van der Waals surface area contributed by atoms with Gasteiger partial charge < -0.3 is 9.74 Å². The molecular weight excluding hydrogens is 347 g/mol. The molecule has 0 radical (unpaired) electrons. The maximum atomic E-state index is 12.7. The number of carbonyl (C=O) groups excluding carboxylic acids is 1. The van der Waals surface area contributed by atoms with Crippen LogP contribution >= 0.6 is 0 Å². The second kappa shape index (κ2) is 9.95. The van der Waals surface area contributed by atoms with Crippen molar-refractivity contribution >= 4 is 14.2 Å². The summed E-state index contributed by atoms with van der Waals surface area (Å²) < 4.78 is 44.6. The first-order valence-corrected chi connectivity index (χ1v) is 12.2. The van der Waals surface area contributed by atoms with E-state index in [-0.39, 0.29) is 11.1 Å². The molecule has 0 aliphatic heterocycles. The number of hydrogen-bond donors (Lipinski definition) is 1. The van der Waals surface area contributed by atoms with Gasteiger partial charge >= 0.3 is 12.1 Å². The normalized spacial score (nSPS) is 15.8. The van der Waals surface area contributed by atoms with E-state index in [2.05, 4.69) is 39.2 Å². The largest absolute Gasteiger partial charge is 0.471 e. The summed E-state index contributed by atoms with van der Waals surface area (Å²) in [6, 6.07) is -0.602. The Morgan fingerprint density at radius 3 is 1.92 bits per heavy atom. The summed E-state index contributed by atoms with van der Waals surface area (Å²) in [5.74, 6) is -1.87. The number of unbranched alkanes of at least 4 members (excludes halogenated alkanes) is 2. The molecule has 2 atom stereocenters. The number of alkyl halides is 3. The lowest BCUT2D eigenvalue weighted by Gasteiger charge is -2.42. The van der Waals surface area contributed by atoms with Crippen molar-refractivity contribution in [2.24, 2.45) is 0 Å². The monoisotopic (exact) mass is 383 g/mol. The van der Waals surface area contributed by atoms with Crippen LogP contribution in [0.4, 0.5) is 13.2 Å². The maximum absolute atomic E-state index is 12.7. The highest BCUT2D eigenvalue weighted by molar-refractivity contribution is 6.74. The molecule has 0 bridgehead atoms. The molecule has 0 spiro atoms. The Morgan fingerprint density at radius 2 is 1.52 bits per heavy atom. The predicted molar refractivity (Wildman–Crippen MR) is 99.1 cm³/mol. The fourth-order valence-corrected chi connectivity index (χ4v) is 3.72. The number of rotatable bonds is 10. The lowest BCUT2D eigenvalue weighted by Crippen LogP contribution is -2.53. The van der Waals surface area contributed by atoms with Crippen molar-refractivity contribution in [2.45, 2.75) is 110 Å². The summed E-state index contributed by atoms with van der Waals surface area (Å²) in [4.78, 5) is 11.5. The number of halogens is 3. The molecule has 0 aliphatic rings. The summed E-state index contributed by atoms with van der Waals surface area (Å²) in [6.45, 7) is 14.5. The van der Waals surface area contributed by atoms with E-state index < -0.39 is 26.4 Å². The molecule has 0 aliphatic carbocycles. The molecule has 25 heavy (non-hydrogen) atoms. The third-order valence-electron chi connectivity index (χ3n) is 4.99. The van der Waals surface area contributed by atoms with Gasteiger partial charge in [-0.15, -0.1) is 0 Å². The second-order valence-corrected chi connectivity index (χ2v) is 13.0. The van der Waals surface area contributed by atoms with Crippen LogP contribution in [0.2, 0.25) is 18.1 Å². The fourth-order valence-electron chi connectivity index (χ4n) is 2.33. The van der Waals surface area contributed by atoms with Gasteiger partial charge in [0.25, 0.3) is 0 Å². The van der Waals surface area contributed by atoms with E-state index in [1.165, 1.54) is 0 Å². The minimum absolute atomic E-state index is 0.0409. The van der Waals surface area contributed by atoms with Crippen molar-refractivity contribution in [3.63, 3.8) is 0 Å². The molecule has 0 aromatic rings. The average molecular weight is 384 g/mol. The van der Waals surface area contributed by atoms with E-state index in [4.69, 9.17) is 4.43 Å². The van der Waals surface area contributed by atoms with Gasteiger partial charge in [0.2, 0.25) is 0 Å². The van der Waals surface area contributed by atoms with Crippen molar-refractivity contribution in [3.05, 3.63) is 0 Å². The highest BCUT2D eigenvalue weighted by Crippen LogP contribution is 2.38. The quantitative estimate of drug-likeness (QED) is 0.484. The van der Waals surface area contributed by atoms with Crippen LogP contribution in [-0.4, -0.2) is 32.5 Å². The van der Waals surface area contributed by atoms with Gasteiger partial charge in [-0.05, 0) is 31.0 Å². The molecular formula is C18H36F3NO2Si. The molecule has 0 unspecified atom stereocenters. The van der Waals surface area contributed by atoms with Crippen LogP contribution in [0.1, 0.15) is 73.1 Å². The summed E-state index contributed by atoms with van der Waals surface area (Å²) in [7, 11) is -2.15. The van der Waals surface area contributed by atoms with Crippen LogP contribution in [0.15, 0.2) is 0 Å². The van der Waals surface area contributed by atoms with Crippen LogP contribution < -0.4 is 5.32 Å². The Morgan fingerprint density at radius 1 is 1.04 bits per heavy atom.